The lowest BCUT2D eigenvalue weighted by Crippen LogP contribution is -2.20. The molecule has 0 aliphatic rings. The van der Waals surface area contributed by atoms with Crippen LogP contribution in [-0.4, -0.2) is 6.54 Å². The molecule has 2 aromatic rings. The van der Waals surface area contributed by atoms with Crippen molar-refractivity contribution in [3.8, 4) is 0 Å². The summed E-state index contributed by atoms with van der Waals surface area (Å²) in [6.45, 7) is 7.44. The Morgan fingerprint density at radius 1 is 1.24 bits per heavy atom. The van der Waals surface area contributed by atoms with Gasteiger partial charge in [-0.3, -0.25) is 0 Å². The van der Waals surface area contributed by atoms with E-state index in [0.717, 1.165) is 6.54 Å². The first-order chi connectivity index (χ1) is 8.11. The lowest BCUT2D eigenvalue weighted by molar-refractivity contribution is 0.648. The summed E-state index contributed by atoms with van der Waals surface area (Å²) in [5.74, 6) is 0. The summed E-state index contributed by atoms with van der Waals surface area (Å²) in [4.78, 5) is 4.16. The summed E-state index contributed by atoms with van der Waals surface area (Å²) < 4.78 is 1.24. The summed E-state index contributed by atoms with van der Waals surface area (Å²) in [5, 5.41) is 3.57. The van der Waals surface area contributed by atoms with Crippen LogP contribution in [0.15, 0.2) is 22.0 Å². The maximum Gasteiger partial charge on any atom is 0.0765 e. The highest BCUT2D eigenvalue weighted by Gasteiger charge is 2.17. The number of thiophene rings is 2. The van der Waals surface area contributed by atoms with E-state index in [2.05, 4.69) is 60.2 Å². The van der Waals surface area contributed by atoms with Crippen molar-refractivity contribution in [1.29, 1.82) is 0 Å². The molecule has 0 saturated carbocycles. The van der Waals surface area contributed by atoms with Crippen LogP contribution in [0.25, 0.3) is 0 Å². The molecule has 2 aromatic heterocycles. The topological polar surface area (TPSA) is 12.0 Å². The van der Waals surface area contributed by atoms with Gasteiger partial charge in [-0.2, -0.15) is 0 Å². The smallest absolute Gasteiger partial charge is 0.0765 e. The highest BCUT2D eigenvalue weighted by molar-refractivity contribution is 9.11. The number of nitrogens with one attached hydrogen (secondary N) is 1. The zero-order valence-electron chi connectivity index (χ0n) is 10.2. The fourth-order valence-electron chi connectivity index (χ4n) is 1.78. The molecule has 0 radical (unpaired) electrons. The SMILES string of the molecule is CCNC(c1ccc(C)s1)c1cc(C)c(Br)s1. The fraction of sp³-hybridized carbons (Fsp3) is 0.385. The van der Waals surface area contributed by atoms with Gasteiger partial charge in [0.05, 0.1) is 9.83 Å². The third-order valence-electron chi connectivity index (χ3n) is 2.61. The molecule has 0 amide bonds. The van der Waals surface area contributed by atoms with Gasteiger partial charge in [-0.05, 0) is 60.1 Å². The standard InChI is InChI=1S/C13H16BrNS2/c1-4-15-12(10-6-5-9(3)16-10)11-7-8(2)13(14)17-11/h5-7,12,15H,4H2,1-3H3. The van der Waals surface area contributed by atoms with Crippen LogP contribution in [0, 0.1) is 13.8 Å². The average Bonchev–Trinajstić information content (AvgIpc) is 2.83. The van der Waals surface area contributed by atoms with Gasteiger partial charge < -0.3 is 5.32 Å². The maximum atomic E-state index is 3.61. The van der Waals surface area contributed by atoms with E-state index in [9.17, 15) is 0 Å². The Labute approximate surface area is 119 Å². The lowest BCUT2D eigenvalue weighted by atomic mass is 10.2. The highest BCUT2D eigenvalue weighted by atomic mass is 79.9. The van der Waals surface area contributed by atoms with Gasteiger partial charge >= 0.3 is 0 Å². The molecular weight excluding hydrogens is 314 g/mol. The lowest BCUT2D eigenvalue weighted by Gasteiger charge is -2.14. The predicted octanol–water partition coefficient (Wildman–Crippen LogP) is 4.89. The zero-order valence-corrected chi connectivity index (χ0v) is 13.4. The molecular formula is C13H16BrNS2. The second-order valence-electron chi connectivity index (χ2n) is 4.04. The molecule has 2 heterocycles. The molecule has 0 saturated heterocycles. The molecule has 0 fully saturated rings. The van der Waals surface area contributed by atoms with Crippen LogP contribution >= 0.6 is 38.6 Å². The third kappa shape index (κ3) is 2.99. The van der Waals surface area contributed by atoms with Crippen LogP contribution in [0.3, 0.4) is 0 Å². The Morgan fingerprint density at radius 2 is 2.00 bits per heavy atom. The third-order valence-corrected chi connectivity index (χ3v) is 5.88. The molecule has 0 bridgehead atoms. The average molecular weight is 330 g/mol. The number of hydrogen-bond acceptors (Lipinski definition) is 3. The van der Waals surface area contributed by atoms with Crippen molar-refractivity contribution >= 4 is 38.6 Å². The summed E-state index contributed by atoms with van der Waals surface area (Å²) in [7, 11) is 0. The van der Waals surface area contributed by atoms with E-state index < -0.39 is 0 Å². The molecule has 1 unspecified atom stereocenters. The van der Waals surface area contributed by atoms with E-state index >= 15 is 0 Å². The van der Waals surface area contributed by atoms with Gasteiger partial charge in [0.15, 0.2) is 0 Å². The first kappa shape index (κ1) is 13.3. The van der Waals surface area contributed by atoms with Crippen LogP contribution in [0.4, 0.5) is 0 Å². The molecule has 1 atom stereocenters. The fourth-order valence-corrected chi connectivity index (χ4v) is 4.49. The summed E-state index contributed by atoms with van der Waals surface area (Å²) in [6.07, 6.45) is 0. The van der Waals surface area contributed by atoms with Crippen molar-refractivity contribution in [3.05, 3.63) is 42.2 Å². The normalized spacial score (nSPS) is 12.9. The van der Waals surface area contributed by atoms with Crippen LogP contribution in [-0.2, 0) is 0 Å². The molecule has 2 rings (SSSR count). The van der Waals surface area contributed by atoms with Crippen molar-refractivity contribution in [2.75, 3.05) is 6.54 Å². The van der Waals surface area contributed by atoms with E-state index in [0.29, 0.717) is 6.04 Å². The van der Waals surface area contributed by atoms with Crippen molar-refractivity contribution in [2.45, 2.75) is 26.8 Å². The molecule has 17 heavy (non-hydrogen) atoms. The monoisotopic (exact) mass is 329 g/mol. The van der Waals surface area contributed by atoms with E-state index in [1.807, 2.05) is 22.7 Å². The second-order valence-corrected chi connectivity index (χ2v) is 7.77. The molecule has 92 valence electrons. The Kier molecular flexibility index (Phi) is 4.42. The first-order valence-corrected chi connectivity index (χ1v) is 8.10. The van der Waals surface area contributed by atoms with E-state index in [1.165, 1.54) is 24.0 Å². The van der Waals surface area contributed by atoms with Crippen molar-refractivity contribution in [1.82, 2.24) is 5.32 Å². The minimum Gasteiger partial charge on any atom is -0.305 e. The first-order valence-electron chi connectivity index (χ1n) is 5.67. The Bertz CT molecular complexity index is 482. The molecule has 1 N–H and O–H groups in total. The van der Waals surface area contributed by atoms with Crippen molar-refractivity contribution in [2.24, 2.45) is 0 Å². The van der Waals surface area contributed by atoms with E-state index in [4.69, 9.17) is 0 Å². The van der Waals surface area contributed by atoms with Crippen LogP contribution in [0.5, 0.6) is 0 Å². The quantitative estimate of drug-likeness (QED) is 0.842. The number of rotatable bonds is 4. The van der Waals surface area contributed by atoms with Crippen LogP contribution < -0.4 is 5.32 Å². The molecule has 0 aromatic carbocycles. The van der Waals surface area contributed by atoms with Crippen LogP contribution in [0.1, 0.15) is 33.2 Å². The van der Waals surface area contributed by atoms with Gasteiger partial charge in [0.2, 0.25) is 0 Å². The minimum absolute atomic E-state index is 0.341. The van der Waals surface area contributed by atoms with Crippen molar-refractivity contribution < 1.29 is 0 Å². The van der Waals surface area contributed by atoms with Gasteiger partial charge in [-0.15, -0.1) is 22.7 Å². The Hall–Kier alpha value is -0.160. The van der Waals surface area contributed by atoms with Gasteiger partial charge in [0, 0.05) is 14.6 Å². The minimum atomic E-state index is 0.341. The number of aryl methyl sites for hydroxylation is 2. The molecule has 1 nitrogen and oxygen atoms in total. The zero-order chi connectivity index (χ0) is 12.4. The largest absolute Gasteiger partial charge is 0.305 e. The van der Waals surface area contributed by atoms with E-state index in [1.54, 1.807) is 0 Å². The summed E-state index contributed by atoms with van der Waals surface area (Å²) in [5.41, 5.74) is 1.32. The predicted molar refractivity (Wildman–Crippen MR) is 81.3 cm³/mol. The van der Waals surface area contributed by atoms with Gasteiger partial charge in [0.1, 0.15) is 0 Å². The Morgan fingerprint density at radius 3 is 2.47 bits per heavy atom. The number of halogens is 1. The molecule has 0 spiro atoms. The molecule has 0 aliphatic heterocycles. The van der Waals surface area contributed by atoms with E-state index in [-0.39, 0.29) is 0 Å². The summed E-state index contributed by atoms with van der Waals surface area (Å²) >= 11 is 7.31. The van der Waals surface area contributed by atoms with Gasteiger partial charge in [0.25, 0.3) is 0 Å². The highest BCUT2D eigenvalue weighted by Crippen LogP contribution is 2.36. The maximum absolute atomic E-state index is 3.61. The summed E-state index contributed by atoms with van der Waals surface area (Å²) in [6, 6.07) is 7.04. The van der Waals surface area contributed by atoms with Crippen molar-refractivity contribution in [3.63, 3.8) is 0 Å². The van der Waals surface area contributed by atoms with Gasteiger partial charge in [-0.25, -0.2) is 0 Å². The second kappa shape index (κ2) is 5.65. The Balaban J connectivity index is 2.34. The number of hydrogen-bond donors (Lipinski definition) is 1. The molecule has 4 heteroatoms. The van der Waals surface area contributed by atoms with Gasteiger partial charge in [-0.1, -0.05) is 6.92 Å². The van der Waals surface area contributed by atoms with Crippen LogP contribution in [0.2, 0.25) is 0 Å². The molecule has 0 aliphatic carbocycles.